The van der Waals surface area contributed by atoms with Crippen LogP contribution in [0.25, 0.3) is 11.5 Å². The van der Waals surface area contributed by atoms with Crippen molar-refractivity contribution in [2.75, 3.05) is 5.73 Å². The van der Waals surface area contributed by atoms with Crippen LogP contribution in [-0.2, 0) is 0 Å². The van der Waals surface area contributed by atoms with Crippen molar-refractivity contribution < 1.29 is 4.42 Å². The van der Waals surface area contributed by atoms with E-state index >= 15 is 0 Å². The molecule has 0 saturated carbocycles. The molecule has 2 aromatic rings. The van der Waals surface area contributed by atoms with Crippen LogP contribution < -0.4 is 5.73 Å². The fourth-order valence-electron chi connectivity index (χ4n) is 1.03. The van der Waals surface area contributed by atoms with E-state index in [1.54, 1.807) is 0 Å². The van der Waals surface area contributed by atoms with Crippen LogP contribution in [0.5, 0.6) is 0 Å². The van der Waals surface area contributed by atoms with E-state index in [0.29, 0.717) is 11.5 Å². The molecule has 2 N–H and O–H groups in total. The molecule has 0 unspecified atom stereocenters. The molecule has 0 radical (unpaired) electrons. The normalized spacial score (nSPS) is 10.6. The van der Waals surface area contributed by atoms with E-state index < -0.39 is 0 Å². The van der Waals surface area contributed by atoms with Crippen LogP contribution in [0.3, 0.4) is 0 Å². The van der Waals surface area contributed by atoms with Gasteiger partial charge in [-0.05, 0) is 0 Å². The number of hydrogen-bond donors (Lipinski definition) is 1. The van der Waals surface area contributed by atoms with E-state index in [4.69, 9.17) is 45.0 Å². The Kier molecular flexibility index (Phi) is 2.73. The molecule has 0 saturated heterocycles. The number of pyridine rings is 1. The predicted molar refractivity (Wildman–Crippen MR) is 59.2 cm³/mol. The molecule has 15 heavy (non-hydrogen) atoms. The van der Waals surface area contributed by atoms with E-state index in [1.807, 2.05) is 0 Å². The highest BCUT2D eigenvalue weighted by Crippen LogP contribution is 2.38. The summed E-state index contributed by atoms with van der Waals surface area (Å²) in [5.74, 6) is 0.380. The Morgan fingerprint density at radius 2 is 1.93 bits per heavy atom. The number of oxazole rings is 1. The molecule has 0 fully saturated rings. The maximum Gasteiger partial charge on any atom is 0.181 e. The Bertz CT molecular complexity index is 498. The third-order valence-corrected chi connectivity index (χ3v) is 2.87. The number of hydrogen-bond acceptors (Lipinski definition) is 4. The largest absolute Gasteiger partial charge is 0.442 e. The molecule has 0 aliphatic heterocycles. The molecule has 4 nitrogen and oxygen atoms in total. The highest BCUT2D eigenvalue weighted by Gasteiger charge is 2.17. The van der Waals surface area contributed by atoms with Crippen LogP contribution in [-0.4, -0.2) is 9.97 Å². The first-order chi connectivity index (χ1) is 7.11. The van der Waals surface area contributed by atoms with Crippen molar-refractivity contribution in [2.45, 2.75) is 0 Å². The standard InChI is InChI=1S/C8H4Cl3N3O/c9-4-6(12)5(10)8(11)14-7(4)3-1-13-2-15-3/h1-2H,(H2,12,14). The zero-order valence-electron chi connectivity index (χ0n) is 7.17. The monoisotopic (exact) mass is 263 g/mol. The second-order valence-electron chi connectivity index (χ2n) is 2.66. The molecule has 2 rings (SSSR count). The molecular formula is C8H4Cl3N3O. The van der Waals surface area contributed by atoms with Crippen molar-refractivity contribution in [3.63, 3.8) is 0 Å². The van der Waals surface area contributed by atoms with E-state index in [1.165, 1.54) is 12.6 Å². The Labute approximate surface area is 100.0 Å². The minimum Gasteiger partial charge on any atom is -0.442 e. The summed E-state index contributed by atoms with van der Waals surface area (Å²) < 4.78 is 5.03. The van der Waals surface area contributed by atoms with Gasteiger partial charge in [0.2, 0.25) is 0 Å². The first kappa shape index (κ1) is 10.5. The van der Waals surface area contributed by atoms with Gasteiger partial charge in [-0.15, -0.1) is 0 Å². The Balaban J connectivity index is 2.69. The van der Waals surface area contributed by atoms with Gasteiger partial charge >= 0.3 is 0 Å². The minimum absolute atomic E-state index is 0.0740. The topological polar surface area (TPSA) is 64.9 Å². The highest BCUT2D eigenvalue weighted by molar-refractivity contribution is 6.45. The molecule has 0 spiro atoms. The highest BCUT2D eigenvalue weighted by atomic mass is 35.5. The quantitative estimate of drug-likeness (QED) is 0.803. The van der Waals surface area contributed by atoms with Gasteiger partial charge in [-0.1, -0.05) is 34.8 Å². The van der Waals surface area contributed by atoms with Crippen LogP contribution in [0.4, 0.5) is 5.69 Å². The summed E-state index contributed by atoms with van der Waals surface area (Å²) in [6.45, 7) is 0. The zero-order chi connectivity index (χ0) is 11.0. The number of nitrogen functional groups attached to an aromatic ring is 1. The van der Waals surface area contributed by atoms with Gasteiger partial charge in [0, 0.05) is 0 Å². The maximum atomic E-state index is 5.94. The number of nitrogens with two attached hydrogens (primary N) is 1. The molecule has 78 valence electrons. The molecule has 0 bridgehead atoms. The molecule has 0 aliphatic carbocycles. The van der Waals surface area contributed by atoms with Crippen molar-refractivity contribution in [3.05, 3.63) is 27.8 Å². The van der Waals surface area contributed by atoms with E-state index in [9.17, 15) is 0 Å². The van der Waals surface area contributed by atoms with Crippen LogP contribution in [0.15, 0.2) is 17.0 Å². The molecule has 0 atom stereocenters. The van der Waals surface area contributed by atoms with Gasteiger partial charge in [0.1, 0.15) is 10.7 Å². The van der Waals surface area contributed by atoms with Crippen molar-refractivity contribution in [1.29, 1.82) is 0 Å². The van der Waals surface area contributed by atoms with Crippen molar-refractivity contribution in [2.24, 2.45) is 0 Å². The van der Waals surface area contributed by atoms with Gasteiger partial charge in [-0.2, -0.15) is 0 Å². The fourth-order valence-corrected chi connectivity index (χ4v) is 1.63. The van der Waals surface area contributed by atoms with Crippen molar-refractivity contribution >= 4 is 40.5 Å². The summed E-state index contributed by atoms with van der Waals surface area (Å²) >= 11 is 17.5. The van der Waals surface area contributed by atoms with Crippen LogP contribution >= 0.6 is 34.8 Å². The summed E-state index contributed by atoms with van der Waals surface area (Å²) in [5.41, 5.74) is 6.13. The average Bonchev–Trinajstić information content (AvgIpc) is 2.73. The molecule has 0 aromatic carbocycles. The Morgan fingerprint density at radius 3 is 2.53 bits per heavy atom. The van der Waals surface area contributed by atoms with Crippen LogP contribution in [0, 0.1) is 0 Å². The Morgan fingerprint density at radius 1 is 1.20 bits per heavy atom. The Hall–Kier alpha value is -0.970. The molecule has 7 heteroatoms. The van der Waals surface area contributed by atoms with Gasteiger partial charge in [-0.25, -0.2) is 9.97 Å². The maximum absolute atomic E-state index is 5.94. The second kappa shape index (κ2) is 3.89. The summed E-state index contributed by atoms with van der Waals surface area (Å²) in [6, 6.07) is 0. The molecular weight excluding hydrogens is 260 g/mol. The first-order valence-electron chi connectivity index (χ1n) is 3.80. The van der Waals surface area contributed by atoms with E-state index in [-0.39, 0.29) is 20.9 Å². The smallest absolute Gasteiger partial charge is 0.181 e. The molecule has 2 heterocycles. The lowest BCUT2D eigenvalue weighted by molar-refractivity contribution is 0.570. The minimum atomic E-state index is 0.0740. The van der Waals surface area contributed by atoms with Crippen LogP contribution in [0.2, 0.25) is 15.2 Å². The van der Waals surface area contributed by atoms with Crippen molar-refractivity contribution in [1.82, 2.24) is 9.97 Å². The number of anilines is 1. The molecule has 2 aromatic heterocycles. The molecule has 0 amide bonds. The first-order valence-corrected chi connectivity index (χ1v) is 4.93. The summed E-state index contributed by atoms with van der Waals surface area (Å²) in [7, 11) is 0. The molecule has 0 aliphatic rings. The van der Waals surface area contributed by atoms with Gasteiger partial charge in [0.15, 0.2) is 17.3 Å². The lowest BCUT2D eigenvalue weighted by Gasteiger charge is -2.06. The summed E-state index contributed by atoms with van der Waals surface area (Å²) in [5, 5.41) is 0.399. The number of aromatic nitrogens is 2. The van der Waals surface area contributed by atoms with E-state index in [2.05, 4.69) is 9.97 Å². The second-order valence-corrected chi connectivity index (χ2v) is 3.77. The fraction of sp³-hybridized carbons (Fsp3) is 0. The number of rotatable bonds is 1. The third kappa shape index (κ3) is 1.76. The van der Waals surface area contributed by atoms with Gasteiger partial charge in [0.05, 0.1) is 16.9 Å². The lowest BCUT2D eigenvalue weighted by atomic mass is 10.3. The van der Waals surface area contributed by atoms with Crippen LogP contribution in [0.1, 0.15) is 0 Å². The van der Waals surface area contributed by atoms with Gasteiger partial charge in [-0.3, -0.25) is 0 Å². The number of halogens is 3. The average molecular weight is 264 g/mol. The SMILES string of the molecule is Nc1c(Cl)c(Cl)nc(-c2cnco2)c1Cl. The third-order valence-electron chi connectivity index (χ3n) is 1.74. The van der Waals surface area contributed by atoms with Gasteiger partial charge in [0.25, 0.3) is 0 Å². The lowest BCUT2D eigenvalue weighted by Crippen LogP contribution is -1.94. The van der Waals surface area contributed by atoms with Crippen molar-refractivity contribution in [3.8, 4) is 11.5 Å². The zero-order valence-corrected chi connectivity index (χ0v) is 9.44. The van der Waals surface area contributed by atoms with Gasteiger partial charge < -0.3 is 10.2 Å². The summed E-state index contributed by atoms with van der Waals surface area (Å²) in [6.07, 6.45) is 2.71. The summed E-state index contributed by atoms with van der Waals surface area (Å²) in [4.78, 5) is 7.70. The predicted octanol–water partition coefficient (Wildman–Crippen LogP) is 3.28. The number of nitrogens with zero attached hydrogens (tertiary/aromatic N) is 2. The van der Waals surface area contributed by atoms with E-state index in [0.717, 1.165) is 0 Å².